The summed E-state index contributed by atoms with van der Waals surface area (Å²) in [6, 6.07) is 3.32. The average molecular weight is 226 g/mol. The maximum atomic E-state index is 11.6. The first-order chi connectivity index (χ1) is 7.19. The summed E-state index contributed by atoms with van der Waals surface area (Å²) in [7, 11) is 1.33. The van der Waals surface area contributed by atoms with E-state index in [0.29, 0.717) is 16.2 Å². The van der Waals surface area contributed by atoms with E-state index in [2.05, 4.69) is 4.74 Å². The Hall–Kier alpha value is -1.16. The normalized spacial score (nSPS) is 10.0. The highest BCUT2D eigenvalue weighted by molar-refractivity contribution is 7.15. The number of rotatable bonds is 5. The molecule has 0 amide bonds. The van der Waals surface area contributed by atoms with Gasteiger partial charge < -0.3 is 4.74 Å². The number of ketones is 1. The van der Waals surface area contributed by atoms with Crippen molar-refractivity contribution in [2.45, 2.75) is 26.2 Å². The van der Waals surface area contributed by atoms with Gasteiger partial charge in [-0.2, -0.15) is 0 Å². The molecule has 0 radical (unpaired) electrons. The van der Waals surface area contributed by atoms with Crippen LogP contribution in [0.15, 0.2) is 12.1 Å². The molecule has 0 aliphatic carbocycles. The molecule has 0 bridgehead atoms. The van der Waals surface area contributed by atoms with Gasteiger partial charge in [0.25, 0.3) is 0 Å². The van der Waals surface area contributed by atoms with Crippen LogP contribution in [0.2, 0.25) is 0 Å². The van der Waals surface area contributed by atoms with E-state index >= 15 is 0 Å². The molecule has 82 valence electrons. The monoisotopic (exact) mass is 226 g/mol. The number of methoxy groups -OCH3 is 1. The molecular weight excluding hydrogens is 212 g/mol. The number of Topliss-reactive ketones (excluding diaryl/α,β-unsaturated/α-hetero) is 1. The average Bonchev–Trinajstić information content (AvgIpc) is 2.74. The highest BCUT2D eigenvalue weighted by atomic mass is 32.1. The van der Waals surface area contributed by atoms with E-state index in [4.69, 9.17) is 0 Å². The van der Waals surface area contributed by atoms with E-state index in [9.17, 15) is 9.59 Å². The first kappa shape index (κ1) is 11.9. The van der Waals surface area contributed by atoms with Gasteiger partial charge in [0, 0.05) is 6.42 Å². The van der Waals surface area contributed by atoms with Gasteiger partial charge in [0.2, 0.25) is 0 Å². The van der Waals surface area contributed by atoms with Crippen LogP contribution < -0.4 is 0 Å². The molecule has 0 saturated heterocycles. The van der Waals surface area contributed by atoms with Crippen LogP contribution in [0.25, 0.3) is 0 Å². The second kappa shape index (κ2) is 5.66. The van der Waals surface area contributed by atoms with Crippen molar-refractivity contribution < 1.29 is 14.3 Å². The Kier molecular flexibility index (Phi) is 4.49. The first-order valence-electron chi connectivity index (χ1n) is 4.90. The third-order valence-corrected chi connectivity index (χ3v) is 3.13. The number of ether oxygens (including phenoxy) is 1. The standard InChI is InChI=1S/C11H14O3S/c1-3-4-5-8(12)9-6-7-10(15-9)11(13)14-2/h6-7H,3-5H2,1-2H3. The number of hydrogen-bond donors (Lipinski definition) is 0. The van der Waals surface area contributed by atoms with Crippen LogP contribution >= 0.6 is 11.3 Å². The van der Waals surface area contributed by atoms with Crippen LogP contribution in [0.4, 0.5) is 0 Å². The summed E-state index contributed by atoms with van der Waals surface area (Å²) in [5, 5.41) is 0. The van der Waals surface area contributed by atoms with Crippen LogP contribution in [0.5, 0.6) is 0 Å². The minimum Gasteiger partial charge on any atom is -0.465 e. The van der Waals surface area contributed by atoms with Gasteiger partial charge in [-0.15, -0.1) is 11.3 Å². The molecule has 1 aromatic heterocycles. The smallest absolute Gasteiger partial charge is 0.348 e. The van der Waals surface area contributed by atoms with Crippen LogP contribution in [0.1, 0.15) is 45.5 Å². The van der Waals surface area contributed by atoms with Crippen molar-refractivity contribution in [1.29, 1.82) is 0 Å². The van der Waals surface area contributed by atoms with E-state index in [0.717, 1.165) is 12.8 Å². The van der Waals surface area contributed by atoms with Crippen molar-refractivity contribution in [1.82, 2.24) is 0 Å². The summed E-state index contributed by atoms with van der Waals surface area (Å²) in [6.45, 7) is 2.04. The molecular formula is C11H14O3S. The lowest BCUT2D eigenvalue weighted by atomic mass is 10.1. The zero-order valence-corrected chi connectivity index (χ0v) is 9.73. The topological polar surface area (TPSA) is 43.4 Å². The fraction of sp³-hybridized carbons (Fsp3) is 0.455. The Balaban J connectivity index is 2.67. The summed E-state index contributed by atoms with van der Waals surface area (Å²) >= 11 is 1.20. The predicted octanol–water partition coefficient (Wildman–Crippen LogP) is 2.91. The van der Waals surface area contributed by atoms with Crippen LogP contribution in [-0.2, 0) is 4.74 Å². The highest BCUT2D eigenvalue weighted by Gasteiger charge is 2.13. The molecule has 0 fully saturated rings. The van der Waals surface area contributed by atoms with Crippen molar-refractivity contribution in [3.63, 3.8) is 0 Å². The van der Waals surface area contributed by atoms with Crippen LogP contribution in [0, 0.1) is 0 Å². The Labute approximate surface area is 93.1 Å². The molecule has 0 aliphatic heterocycles. The third kappa shape index (κ3) is 3.16. The molecule has 0 aromatic carbocycles. The lowest BCUT2D eigenvalue weighted by Crippen LogP contribution is -1.97. The molecule has 0 atom stereocenters. The third-order valence-electron chi connectivity index (χ3n) is 2.02. The lowest BCUT2D eigenvalue weighted by Gasteiger charge is -1.95. The number of carbonyl (C=O) groups excluding carboxylic acids is 2. The molecule has 0 saturated carbocycles. The fourth-order valence-electron chi connectivity index (χ4n) is 1.16. The number of carbonyl (C=O) groups is 2. The highest BCUT2D eigenvalue weighted by Crippen LogP contribution is 2.19. The van der Waals surface area contributed by atoms with Gasteiger partial charge in [0.1, 0.15) is 4.88 Å². The molecule has 1 aromatic rings. The number of hydrogen-bond acceptors (Lipinski definition) is 4. The van der Waals surface area contributed by atoms with E-state index in [1.165, 1.54) is 18.4 Å². The first-order valence-corrected chi connectivity index (χ1v) is 5.72. The van der Waals surface area contributed by atoms with Crippen molar-refractivity contribution in [3.05, 3.63) is 21.9 Å². The van der Waals surface area contributed by atoms with E-state index in [1.807, 2.05) is 6.92 Å². The lowest BCUT2D eigenvalue weighted by molar-refractivity contribution is 0.0606. The maximum Gasteiger partial charge on any atom is 0.348 e. The van der Waals surface area contributed by atoms with Crippen molar-refractivity contribution in [2.75, 3.05) is 7.11 Å². The quantitative estimate of drug-likeness (QED) is 0.572. The largest absolute Gasteiger partial charge is 0.465 e. The van der Waals surface area contributed by atoms with Gasteiger partial charge in [-0.1, -0.05) is 13.3 Å². The Morgan fingerprint density at radius 1 is 1.33 bits per heavy atom. The van der Waals surface area contributed by atoms with Gasteiger partial charge in [-0.05, 0) is 18.6 Å². The SMILES string of the molecule is CCCCC(=O)c1ccc(C(=O)OC)s1. The minimum atomic E-state index is -0.380. The zero-order valence-electron chi connectivity index (χ0n) is 8.91. The molecule has 0 N–H and O–H groups in total. The van der Waals surface area contributed by atoms with Crippen LogP contribution in [0.3, 0.4) is 0 Å². The van der Waals surface area contributed by atoms with Gasteiger partial charge in [-0.25, -0.2) is 4.79 Å². The molecule has 4 heteroatoms. The van der Waals surface area contributed by atoms with Gasteiger partial charge in [0.15, 0.2) is 5.78 Å². The molecule has 1 heterocycles. The second-order valence-corrected chi connectivity index (χ2v) is 4.27. The number of thiophene rings is 1. The summed E-state index contributed by atoms with van der Waals surface area (Å²) in [5.41, 5.74) is 0. The molecule has 0 aliphatic rings. The number of esters is 1. The summed E-state index contributed by atoms with van der Waals surface area (Å²) in [4.78, 5) is 23.9. The molecule has 3 nitrogen and oxygen atoms in total. The van der Waals surface area contributed by atoms with Crippen molar-refractivity contribution in [2.24, 2.45) is 0 Å². The van der Waals surface area contributed by atoms with E-state index in [1.54, 1.807) is 12.1 Å². The summed E-state index contributed by atoms with van der Waals surface area (Å²) in [5.74, 6) is -0.272. The zero-order chi connectivity index (χ0) is 11.3. The minimum absolute atomic E-state index is 0.108. The predicted molar refractivity (Wildman–Crippen MR) is 59.5 cm³/mol. The molecule has 15 heavy (non-hydrogen) atoms. The van der Waals surface area contributed by atoms with Gasteiger partial charge >= 0.3 is 5.97 Å². The molecule has 0 unspecified atom stereocenters. The second-order valence-electron chi connectivity index (χ2n) is 3.18. The summed E-state index contributed by atoms with van der Waals surface area (Å²) < 4.78 is 4.57. The Bertz CT molecular complexity index is 354. The van der Waals surface area contributed by atoms with Crippen LogP contribution in [-0.4, -0.2) is 18.9 Å². The van der Waals surface area contributed by atoms with E-state index in [-0.39, 0.29) is 11.8 Å². The Morgan fingerprint density at radius 2 is 2.00 bits per heavy atom. The van der Waals surface area contributed by atoms with Gasteiger partial charge in [-0.3, -0.25) is 4.79 Å². The fourth-order valence-corrected chi connectivity index (χ4v) is 2.05. The Morgan fingerprint density at radius 3 is 2.60 bits per heavy atom. The van der Waals surface area contributed by atoms with Crippen molar-refractivity contribution in [3.8, 4) is 0 Å². The maximum absolute atomic E-state index is 11.6. The van der Waals surface area contributed by atoms with E-state index < -0.39 is 0 Å². The molecule has 0 spiro atoms. The molecule has 1 rings (SSSR count). The summed E-state index contributed by atoms with van der Waals surface area (Å²) in [6.07, 6.45) is 2.45. The van der Waals surface area contributed by atoms with Gasteiger partial charge in [0.05, 0.1) is 12.0 Å². The van der Waals surface area contributed by atoms with Crippen molar-refractivity contribution >= 4 is 23.1 Å². The number of unbranched alkanes of at least 4 members (excludes halogenated alkanes) is 1.